The molecule has 2 unspecified atom stereocenters. The highest BCUT2D eigenvalue weighted by Crippen LogP contribution is 2.39. The van der Waals surface area contributed by atoms with Crippen molar-refractivity contribution in [3.8, 4) is 0 Å². The second kappa shape index (κ2) is 5.07. The van der Waals surface area contributed by atoms with Crippen LogP contribution in [0.25, 0.3) is 0 Å². The molecule has 0 saturated heterocycles. The van der Waals surface area contributed by atoms with Gasteiger partial charge in [-0.3, -0.25) is 0 Å². The molecule has 0 spiro atoms. The van der Waals surface area contributed by atoms with Gasteiger partial charge in [0, 0.05) is 10.1 Å². The van der Waals surface area contributed by atoms with Gasteiger partial charge in [-0.15, -0.1) is 18.3 Å². The van der Waals surface area contributed by atoms with Gasteiger partial charge in [-0.2, -0.15) is 0 Å². The van der Waals surface area contributed by atoms with Gasteiger partial charge >= 0.3 is 0 Å². The molecule has 0 bridgehead atoms. The Hall–Kier alpha value is -0.730. The molecule has 2 atom stereocenters. The molecule has 86 valence electrons. The number of hydrogen-bond donors (Lipinski definition) is 1. The minimum absolute atomic E-state index is 0.214. The van der Waals surface area contributed by atoms with E-state index in [-0.39, 0.29) is 6.10 Å². The van der Waals surface area contributed by atoms with Gasteiger partial charge in [0.15, 0.2) is 0 Å². The molecule has 0 amide bonds. The number of aliphatic hydroxyl groups excluding tert-OH is 1. The van der Waals surface area contributed by atoms with Crippen molar-refractivity contribution in [2.75, 3.05) is 0 Å². The molecule has 2 rings (SSSR count). The number of thioether (sulfide) groups is 1. The molecule has 2 heteroatoms. The summed E-state index contributed by atoms with van der Waals surface area (Å²) in [7, 11) is 0. The Kier molecular flexibility index (Phi) is 3.72. The summed E-state index contributed by atoms with van der Waals surface area (Å²) in [6.07, 6.45) is 2.54. The molecule has 0 fully saturated rings. The van der Waals surface area contributed by atoms with E-state index in [4.69, 9.17) is 0 Å². The zero-order chi connectivity index (χ0) is 11.5. The quantitative estimate of drug-likeness (QED) is 0.806. The molecule has 0 aliphatic carbocycles. The van der Waals surface area contributed by atoms with E-state index in [1.54, 1.807) is 0 Å². The van der Waals surface area contributed by atoms with Crippen molar-refractivity contribution in [1.82, 2.24) is 0 Å². The third kappa shape index (κ3) is 2.69. The molecular formula is C14H18OS. The Labute approximate surface area is 102 Å². The first-order valence-electron chi connectivity index (χ1n) is 5.74. The van der Waals surface area contributed by atoms with Crippen molar-refractivity contribution in [1.29, 1.82) is 0 Å². The van der Waals surface area contributed by atoms with Crippen LogP contribution in [0.15, 0.2) is 41.3 Å². The van der Waals surface area contributed by atoms with Crippen LogP contribution in [0.1, 0.15) is 25.3 Å². The van der Waals surface area contributed by atoms with Crippen LogP contribution in [0.2, 0.25) is 0 Å². The number of benzene rings is 1. The van der Waals surface area contributed by atoms with Crippen molar-refractivity contribution in [3.05, 3.63) is 42.0 Å². The SMILES string of the molecule is C=C(C)CCC(O)C1Cc2ccccc2S1. The average Bonchev–Trinajstić information content (AvgIpc) is 2.69. The lowest BCUT2D eigenvalue weighted by Gasteiger charge is -2.16. The summed E-state index contributed by atoms with van der Waals surface area (Å²) in [5.41, 5.74) is 2.53. The van der Waals surface area contributed by atoms with Crippen LogP contribution in [-0.2, 0) is 6.42 Å². The zero-order valence-corrected chi connectivity index (χ0v) is 10.5. The van der Waals surface area contributed by atoms with Crippen LogP contribution in [0.3, 0.4) is 0 Å². The van der Waals surface area contributed by atoms with Crippen molar-refractivity contribution in [3.63, 3.8) is 0 Å². The van der Waals surface area contributed by atoms with Gasteiger partial charge in [0.25, 0.3) is 0 Å². The van der Waals surface area contributed by atoms with Crippen molar-refractivity contribution in [2.45, 2.75) is 42.4 Å². The Morgan fingerprint density at radius 1 is 1.56 bits per heavy atom. The minimum Gasteiger partial charge on any atom is -0.392 e. The second-order valence-corrected chi connectivity index (χ2v) is 5.81. The van der Waals surface area contributed by atoms with E-state index in [0.717, 1.165) is 24.8 Å². The van der Waals surface area contributed by atoms with E-state index >= 15 is 0 Å². The number of hydrogen-bond acceptors (Lipinski definition) is 2. The summed E-state index contributed by atoms with van der Waals surface area (Å²) in [5, 5.41) is 10.4. The second-order valence-electron chi connectivity index (χ2n) is 4.53. The Bertz CT molecular complexity index is 361. The van der Waals surface area contributed by atoms with Crippen LogP contribution in [0.4, 0.5) is 0 Å². The van der Waals surface area contributed by atoms with Gasteiger partial charge < -0.3 is 5.11 Å². The molecular weight excluding hydrogens is 216 g/mol. The van der Waals surface area contributed by atoms with E-state index in [2.05, 4.69) is 30.8 Å². The van der Waals surface area contributed by atoms with Gasteiger partial charge in [0.1, 0.15) is 0 Å². The summed E-state index contributed by atoms with van der Waals surface area (Å²) in [6, 6.07) is 8.44. The van der Waals surface area contributed by atoms with E-state index in [9.17, 15) is 5.11 Å². The third-order valence-electron chi connectivity index (χ3n) is 2.97. The van der Waals surface area contributed by atoms with Crippen LogP contribution in [0, 0.1) is 0 Å². The fourth-order valence-corrected chi connectivity index (χ4v) is 3.35. The fourth-order valence-electron chi connectivity index (χ4n) is 2.00. The van der Waals surface area contributed by atoms with Gasteiger partial charge in [-0.25, -0.2) is 0 Å². The lowest BCUT2D eigenvalue weighted by atomic mass is 10.0. The molecule has 0 saturated carbocycles. The molecule has 1 aliphatic rings. The minimum atomic E-state index is -0.214. The summed E-state index contributed by atoms with van der Waals surface area (Å²) >= 11 is 1.82. The fraction of sp³-hybridized carbons (Fsp3) is 0.429. The number of aliphatic hydroxyl groups is 1. The molecule has 1 N–H and O–H groups in total. The predicted octanol–water partition coefficient (Wildman–Crippen LogP) is 3.42. The molecule has 0 radical (unpaired) electrons. The summed E-state index contributed by atoms with van der Waals surface area (Å²) in [4.78, 5) is 1.34. The Balaban J connectivity index is 1.93. The lowest BCUT2D eigenvalue weighted by Crippen LogP contribution is -2.22. The summed E-state index contributed by atoms with van der Waals surface area (Å²) in [6.45, 7) is 5.89. The zero-order valence-electron chi connectivity index (χ0n) is 9.65. The van der Waals surface area contributed by atoms with Gasteiger partial charge in [-0.1, -0.05) is 23.8 Å². The monoisotopic (exact) mass is 234 g/mol. The highest BCUT2D eigenvalue weighted by molar-refractivity contribution is 8.00. The Morgan fingerprint density at radius 2 is 2.31 bits per heavy atom. The Morgan fingerprint density at radius 3 is 3.00 bits per heavy atom. The van der Waals surface area contributed by atoms with Crippen LogP contribution >= 0.6 is 11.8 Å². The van der Waals surface area contributed by atoms with Gasteiger partial charge in [0.2, 0.25) is 0 Å². The van der Waals surface area contributed by atoms with E-state index < -0.39 is 0 Å². The first kappa shape index (κ1) is 11.7. The number of fused-ring (bicyclic) bond motifs is 1. The first-order valence-corrected chi connectivity index (χ1v) is 6.62. The highest BCUT2D eigenvalue weighted by atomic mass is 32.2. The smallest absolute Gasteiger partial charge is 0.0668 e. The summed E-state index contributed by atoms with van der Waals surface area (Å²) < 4.78 is 0. The maximum Gasteiger partial charge on any atom is 0.0668 e. The first-order chi connectivity index (χ1) is 7.66. The normalized spacial score (nSPS) is 20.5. The third-order valence-corrected chi connectivity index (χ3v) is 4.40. The average molecular weight is 234 g/mol. The molecule has 1 aliphatic heterocycles. The largest absolute Gasteiger partial charge is 0.392 e. The van der Waals surface area contributed by atoms with Crippen LogP contribution < -0.4 is 0 Å². The van der Waals surface area contributed by atoms with Crippen molar-refractivity contribution < 1.29 is 5.11 Å². The van der Waals surface area contributed by atoms with Crippen molar-refractivity contribution in [2.24, 2.45) is 0 Å². The topological polar surface area (TPSA) is 20.2 Å². The predicted molar refractivity (Wildman–Crippen MR) is 69.8 cm³/mol. The molecule has 1 heterocycles. The van der Waals surface area contributed by atoms with Crippen molar-refractivity contribution >= 4 is 11.8 Å². The standard InChI is InChI=1S/C14H18OS/c1-10(2)7-8-12(15)14-9-11-5-3-4-6-13(11)16-14/h3-6,12,14-15H,1,7-9H2,2H3. The molecule has 16 heavy (non-hydrogen) atoms. The van der Waals surface area contributed by atoms with Crippen LogP contribution in [0.5, 0.6) is 0 Å². The molecule has 1 aromatic carbocycles. The van der Waals surface area contributed by atoms with Crippen LogP contribution in [-0.4, -0.2) is 16.5 Å². The van der Waals surface area contributed by atoms with E-state index in [1.807, 2.05) is 18.7 Å². The van der Waals surface area contributed by atoms with E-state index in [0.29, 0.717) is 5.25 Å². The maximum absolute atomic E-state index is 10.1. The maximum atomic E-state index is 10.1. The molecule has 0 aromatic heterocycles. The summed E-state index contributed by atoms with van der Waals surface area (Å²) in [5.74, 6) is 0. The van der Waals surface area contributed by atoms with Gasteiger partial charge in [-0.05, 0) is 37.8 Å². The molecule has 1 aromatic rings. The van der Waals surface area contributed by atoms with E-state index in [1.165, 1.54) is 10.5 Å². The number of rotatable bonds is 4. The van der Waals surface area contributed by atoms with Gasteiger partial charge in [0.05, 0.1) is 6.10 Å². The highest BCUT2D eigenvalue weighted by Gasteiger charge is 2.27. The molecule has 1 nitrogen and oxygen atoms in total. The number of allylic oxidation sites excluding steroid dienone is 1. The lowest BCUT2D eigenvalue weighted by molar-refractivity contribution is 0.162.